The molecule has 1 aliphatic carbocycles. The molecular formula is C18H24ClNO. The first-order valence-corrected chi connectivity index (χ1v) is 8.53. The van der Waals surface area contributed by atoms with Crippen LogP contribution in [0, 0.1) is 5.41 Å². The second-order valence-electron chi connectivity index (χ2n) is 6.77. The van der Waals surface area contributed by atoms with E-state index in [9.17, 15) is 4.79 Å². The topological polar surface area (TPSA) is 20.3 Å². The lowest BCUT2D eigenvalue weighted by molar-refractivity contribution is 0.101. The van der Waals surface area contributed by atoms with Crippen molar-refractivity contribution >= 4 is 23.1 Å². The van der Waals surface area contributed by atoms with Gasteiger partial charge in [-0.05, 0) is 56.2 Å². The van der Waals surface area contributed by atoms with Crippen LogP contribution in [0.15, 0.2) is 18.2 Å². The van der Waals surface area contributed by atoms with Gasteiger partial charge in [0, 0.05) is 18.7 Å². The molecule has 0 unspecified atom stereocenters. The van der Waals surface area contributed by atoms with Gasteiger partial charge in [0.2, 0.25) is 0 Å². The first-order chi connectivity index (χ1) is 10.1. The van der Waals surface area contributed by atoms with Crippen molar-refractivity contribution in [1.29, 1.82) is 0 Å². The van der Waals surface area contributed by atoms with Crippen molar-refractivity contribution < 1.29 is 4.79 Å². The number of ketones is 1. The van der Waals surface area contributed by atoms with Gasteiger partial charge in [0.15, 0.2) is 5.78 Å². The van der Waals surface area contributed by atoms with Crippen molar-refractivity contribution in [2.75, 3.05) is 18.0 Å². The molecule has 1 aromatic carbocycles. The number of carbonyl (C=O) groups excluding carboxylic acids is 1. The number of Topliss-reactive ketones (excluding diaryl/α,β-unsaturated/α-hetero) is 1. The molecule has 1 heterocycles. The van der Waals surface area contributed by atoms with Gasteiger partial charge in [-0.25, -0.2) is 0 Å². The number of halogens is 1. The highest BCUT2D eigenvalue weighted by Gasteiger charge is 2.35. The summed E-state index contributed by atoms with van der Waals surface area (Å²) in [7, 11) is 0. The normalized spacial score (nSPS) is 21.5. The molecule has 114 valence electrons. The summed E-state index contributed by atoms with van der Waals surface area (Å²) in [4.78, 5) is 13.8. The van der Waals surface area contributed by atoms with Crippen LogP contribution in [0.1, 0.15) is 62.2 Å². The van der Waals surface area contributed by atoms with E-state index in [4.69, 9.17) is 11.6 Å². The van der Waals surface area contributed by atoms with E-state index < -0.39 is 0 Å². The summed E-state index contributed by atoms with van der Waals surface area (Å²) in [6.45, 7) is 3.78. The fraction of sp³-hybridized carbons (Fsp3) is 0.611. The molecule has 3 rings (SSSR count). The van der Waals surface area contributed by atoms with Crippen molar-refractivity contribution in [3.8, 4) is 0 Å². The Morgan fingerprint density at radius 2 is 1.76 bits per heavy atom. The summed E-state index contributed by atoms with van der Waals surface area (Å²) in [5, 5.41) is 0.710. The Kier molecular flexibility index (Phi) is 4.26. The lowest BCUT2D eigenvalue weighted by atomic mass is 9.68. The Hall–Kier alpha value is -1.02. The minimum Gasteiger partial charge on any atom is -0.370 e. The van der Waals surface area contributed by atoms with Crippen LogP contribution < -0.4 is 4.90 Å². The van der Waals surface area contributed by atoms with Gasteiger partial charge in [-0.1, -0.05) is 30.9 Å². The maximum absolute atomic E-state index is 11.4. The van der Waals surface area contributed by atoms with Crippen LogP contribution >= 0.6 is 11.6 Å². The van der Waals surface area contributed by atoms with Crippen molar-refractivity contribution in [2.24, 2.45) is 5.41 Å². The highest BCUT2D eigenvalue weighted by molar-refractivity contribution is 6.33. The Morgan fingerprint density at radius 1 is 1.10 bits per heavy atom. The minimum absolute atomic E-state index is 0.0725. The molecule has 1 aromatic rings. The number of rotatable bonds is 2. The van der Waals surface area contributed by atoms with Gasteiger partial charge >= 0.3 is 0 Å². The molecule has 0 amide bonds. The SMILES string of the molecule is CC(=O)c1ccc(N2CCC3(CCCCC3)CC2)c(Cl)c1. The van der Waals surface area contributed by atoms with Gasteiger partial charge in [0.1, 0.15) is 0 Å². The van der Waals surface area contributed by atoms with Gasteiger partial charge < -0.3 is 4.90 Å². The van der Waals surface area contributed by atoms with E-state index in [1.807, 2.05) is 18.2 Å². The zero-order chi connectivity index (χ0) is 14.9. The van der Waals surface area contributed by atoms with Crippen LogP contribution in [0.3, 0.4) is 0 Å². The quantitative estimate of drug-likeness (QED) is 0.709. The molecule has 0 N–H and O–H groups in total. The lowest BCUT2D eigenvalue weighted by Crippen LogP contribution is -2.41. The van der Waals surface area contributed by atoms with Crippen molar-refractivity contribution in [2.45, 2.75) is 51.9 Å². The third-order valence-electron chi connectivity index (χ3n) is 5.43. The lowest BCUT2D eigenvalue weighted by Gasteiger charge is -2.45. The first kappa shape index (κ1) is 14.9. The minimum atomic E-state index is 0.0725. The van der Waals surface area contributed by atoms with Gasteiger partial charge in [0.25, 0.3) is 0 Å². The fourth-order valence-electron chi connectivity index (χ4n) is 4.01. The summed E-state index contributed by atoms with van der Waals surface area (Å²) in [5.74, 6) is 0.0725. The van der Waals surface area contributed by atoms with Gasteiger partial charge in [-0.2, -0.15) is 0 Å². The molecule has 2 nitrogen and oxygen atoms in total. The average Bonchev–Trinajstić information content (AvgIpc) is 2.49. The summed E-state index contributed by atoms with van der Waals surface area (Å²) in [6.07, 6.45) is 9.65. The average molecular weight is 306 g/mol. The monoisotopic (exact) mass is 305 g/mol. The summed E-state index contributed by atoms with van der Waals surface area (Å²) >= 11 is 6.39. The smallest absolute Gasteiger partial charge is 0.159 e. The second-order valence-corrected chi connectivity index (χ2v) is 7.18. The molecule has 0 bridgehead atoms. The number of piperidine rings is 1. The van der Waals surface area contributed by atoms with Crippen LogP contribution in [0.25, 0.3) is 0 Å². The summed E-state index contributed by atoms with van der Waals surface area (Å²) in [5.41, 5.74) is 2.40. The van der Waals surface area contributed by atoms with E-state index in [1.165, 1.54) is 44.9 Å². The Labute approximate surface area is 132 Å². The highest BCUT2D eigenvalue weighted by atomic mass is 35.5. The number of nitrogens with zero attached hydrogens (tertiary/aromatic N) is 1. The van der Waals surface area contributed by atoms with Crippen LogP contribution in [0.4, 0.5) is 5.69 Å². The zero-order valence-corrected chi connectivity index (χ0v) is 13.6. The van der Waals surface area contributed by atoms with E-state index in [1.54, 1.807) is 6.92 Å². The predicted octanol–water partition coefficient (Wildman–Crippen LogP) is 5.09. The third kappa shape index (κ3) is 3.11. The van der Waals surface area contributed by atoms with Crippen molar-refractivity contribution in [3.63, 3.8) is 0 Å². The zero-order valence-electron chi connectivity index (χ0n) is 12.8. The molecule has 2 aliphatic rings. The van der Waals surface area contributed by atoms with E-state index in [-0.39, 0.29) is 5.78 Å². The number of hydrogen-bond donors (Lipinski definition) is 0. The van der Waals surface area contributed by atoms with E-state index in [0.29, 0.717) is 16.0 Å². The van der Waals surface area contributed by atoms with E-state index in [0.717, 1.165) is 18.8 Å². The molecule has 0 radical (unpaired) electrons. The largest absolute Gasteiger partial charge is 0.370 e. The molecule has 0 atom stereocenters. The fourth-order valence-corrected chi connectivity index (χ4v) is 4.31. The molecular weight excluding hydrogens is 282 g/mol. The molecule has 2 fully saturated rings. The predicted molar refractivity (Wildman–Crippen MR) is 88.4 cm³/mol. The Morgan fingerprint density at radius 3 is 2.33 bits per heavy atom. The highest BCUT2D eigenvalue weighted by Crippen LogP contribution is 2.45. The molecule has 0 aromatic heterocycles. The molecule has 1 spiro atoms. The number of hydrogen-bond acceptors (Lipinski definition) is 2. The van der Waals surface area contributed by atoms with Gasteiger partial charge in [0.05, 0.1) is 10.7 Å². The van der Waals surface area contributed by atoms with E-state index in [2.05, 4.69) is 4.90 Å². The summed E-state index contributed by atoms with van der Waals surface area (Å²) in [6, 6.07) is 5.72. The molecule has 21 heavy (non-hydrogen) atoms. The standard InChI is InChI=1S/C18H24ClNO/c1-14(21)15-5-6-17(16(19)13-15)20-11-9-18(10-12-20)7-3-2-4-8-18/h5-6,13H,2-4,7-12H2,1H3. The van der Waals surface area contributed by atoms with Gasteiger partial charge in [-0.3, -0.25) is 4.79 Å². The third-order valence-corrected chi connectivity index (χ3v) is 5.74. The maximum atomic E-state index is 11.4. The Balaban J connectivity index is 1.70. The molecule has 1 saturated heterocycles. The molecule has 1 aliphatic heterocycles. The van der Waals surface area contributed by atoms with Crippen LogP contribution in [-0.4, -0.2) is 18.9 Å². The number of anilines is 1. The molecule has 3 heteroatoms. The first-order valence-electron chi connectivity index (χ1n) is 8.15. The maximum Gasteiger partial charge on any atom is 0.159 e. The number of carbonyl (C=O) groups is 1. The van der Waals surface area contributed by atoms with Crippen molar-refractivity contribution in [1.82, 2.24) is 0 Å². The van der Waals surface area contributed by atoms with Crippen molar-refractivity contribution in [3.05, 3.63) is 28.8 Å². The number of benzene rings is 1. The summed E-state index contributed by atoms with van der Waals surface area (Å²) < 4.78 is 0. The van der Waals surface area contributed by atoms with E-state index >= 15 is 0 Å². The Bertz CT molecular complexity index is 524. The molecule has 1 saturated carbocycles. The van der Waals surface area contributed by atoms with Crippen LogP contribution in [-0.2, 0) is 0 Å². The van der Waals surface area contributed by atoms with Crippen LogP contribution in [0.5, 0.6) is 0 Å². The van der Waals surface area contributed by atoms with Gasteiger partial charge in [-0.15, -0.1) is 0 Å². The van der Waals surface area contributed by atoms with Crippen LogP contribution in [0.2, 0.25) is 5.02 Å². The second kappa shape index (κ2) is 6.00.